The number of carbonyl (C=O) groups excluding carboxylic acids is 1. The molecule has 0 radical (unpaired) electrons. The van der Waals surface area contributed by atoms with E-state index < -0.39 is 0 Å². The molecular formula is C17H18N4O4. The van der Waals surface area contributed by atoms with Gasteiger partial charge < -0.3 is 15.2 Å². The predicted molar refractivity (Wildman–Crippen MR) is 92.3 cm³/mol. The number of nitrogens with zero attached hydrogens (tertiary/aromatic N) is 3. The third kappa shape index (κ3) is 4.31. The maximum Gasteiger partial charge on any atom is 0.290 e. The summed E-state index contributed by atoms with van der Waals surface area (Å²) in [4.78, 5) is 24.3. The van der Waals surface area contributed by atoms with Gasteiger partial charge in [0.1, 0.15) is 6.54 Å². The van der Waals surface area contributed by atoms with E-state index in [4.69, 9.17) is 14.6 Å². The van der Waals surface area contributed by atoms with Crippen LogP contribution in [0.5, 0.6) is 5.88 Å². The van der Waals surface area contributed by atoms with Gasteiger partial charge in [0, 0.05) is 29.8 Å². The molecule has 8 heteroatoms. The summed E-state index contributed by atoms with van der Waals surface area (Å²) in [5, 5.41) is 14.7. The van der Waals surface area contributed by atoms with Crippen molar-refractivity contribution < 1.29 is 19.4 Å². The lowest BCUT2D eigenvalue weighted by Gasteiger charge is -2.07. The fourth-order valence-corrected chi connectivity index (χ4v) is 2.28. The van der Waals surface area contributed by atoms with Crippen LogP contribution >= 0.6 is 0 Å². The minimum absolute atomic E-state index is 0.0988. The smallest absolute Gasteiger partial charge is 0.290 e. The number of benzene rings is 1. The summed E-state index contributed by atoms with van der Waals surface area (Å²) >= 11 is 0. The van der Waals surface area contributed by atoms with E-state index >= 15 is 0 Å². The van der Waals surface area contributed by atoms with Crippen molar-refractivity contribution in [1.29, 1.82) is 0 Å². The Morgan fingerprint density at radius 1 is 1.40 bits per heavy atom. The summed E-state index contributed by atoms with van der Waals surface area (Å²) in [6.07, 6.45) is 3.51. The Morgan fingerprint density at radius 2 is 2.12 bits per heavy atom. The van der Waals surface area contributed by atoms with Crippen molar-refractivity contribution in [3.63, 3.8) is 0 Å². The highest BCUT2D eigenvalue weighted by Crippen LogP contribution is 2.31. The minimum Gasteiger partial charge on any atom is -0.483 e. The molecule has 0 aliphatic rings. The maximum absolute atomic E-state index is 11.4. The van der Waals surface area contributed by atoms with Crippen LogP contribution in [0.2, 0.25) is 0 Å². The monoisotopic (exact) mass is 342 g/mol. The van der Waals surface area contributed by atoms with Gasteiger partial charge in [-0.2, -0.15) is 5.10 Å². The molecule has 25 heavy (non-hydrogen) atoms. The number of likely N-dealkylation sites (N-methyl/N-ethyl adjacent to an activating group) is 1. The average Bonchev–Trinajstić information content (AvgIpc) is 3.09. The Hall–Kier alpha value is -3.42. The number of rotatable bonds is 4. The number of carboxylic acid groups (broad SMARTS) is 1. The fourth-order valence-electron chi connectivity index (χ4n) is 2.28. The predicted octanol–water partition coefficient (Wildman–Crippen LogP) is 1.55. The van der Waals surface area contributed by atoms with E-state index in [0.717, 1.165) is 22.0 Å². The van der Waals surface area contributed by atoms with Crippen molar-refractivity contribution in [1.82, 2.24) is 20.1 Å². The molecule has 3 aromatic rings. The lowest BCUT2D eigenvalue weighted by Crippen LogP contribution is -2.23. The molecule has 0 aliphatic carbocycles. The molecule has 0 unspecified atom stereocenters. The van der Waals surface area contributed by atoms with Gasteiger partial charge in [-0.25, -0.2) is 4.98 Å². The molecule has 3 rings (SSSR count). The van der Waals surface area contributed by atoms with Crippen LogP contribution in [0.4, 0.5) is 0 Å². The minimum atomic E-state index is -0.250. The summed E-state index contributed by atoms with van der Waals surface area (Å²) in [6.45, 7) is -0.0696. The molecule has 0 saturated heterocycles. The van der Waals surface area contributed by atoms with E-state index in [9.17, 15) is 4.79 Å². The highest BCUT2D eigenvalue weighted by atomic mass is 16.5. The van der Waals surface area contributed by atoms with Crippen LogP contribution in [0.15, 0.2) is 42.7 Å². The Balaban J connectivity index is 0.000000701. The van der Waals surface area contributed by atoms with Crippen molar-refractivity contribution in [3.05, 3.63) is 42.7 Å². The van der Waals surface area contributed by atoms with Crippen LogP contribution in [0.1, 0.15) is 0 Å². The maximum atomic E-state index is 11.4. The zero-order chi connectivity index (χ0) is 18.2. The lowest BCUT2D eigenvalue weighted by atomic mass is 10.1. The Bertz CT molecular complexity index is 876. The van der Waals surface area contributed by atoms with Crippen molar-refractivity contribution in [2.75, 3.05) is 14.2 Å². The summed E-state index contributed by atoms with van der Waals surface area (Å²) < 4.78 is 6.98. The number of para-hydroxylation sites is 1. The van der Waals surface area contributed by atoms with Crippen LogP contribution in [0, 0.1) is 0 Å². The second-order valence-electron chi connectivity index (χ2n) is 4.94. The van der Waals surface area contributed by atoms with E-state index in [-0.39, 0.29) is 18.9 Å². The van der Waals surface area contributed by atoms with Gasteiger partial charge in [0.25, 0.3) is 6.47 Å². The Kier molecular flexibility index (Phi) is 6.05. The van der Waals surface area contributed by atoms with E-state index in [0.29, 0.717) is 5.88 Å². The van der Waals surface area contributed by atoms with Gasteiger partial charge in [-0.05, 0) is 12.1 Å². The lowest BCUT2D eigenvalue weighted by molar-refractivity contribution is -0.123. The highest BCUT2D eigenvalue weighted by Gasteiger charge is 2.12. The highest BCUT2D eigenvalue weighted by molar-refractivity contribution is 5.86. The number of pyridine rings is 1. The van der Waals surface area contributed by atoms with E-state index in [1.807, 2.05) is 36.5 Å². The second kappa shape index (κ2) is 8.44. The normalized spacial score (nSPS) is 9.84. The van der Waals surface area contributed by atoms with Gasteiger partial charge in [-0.15, -0.1) is 0 Å². The molecular weight excluding hydrogens is 324 g/mol. The van der Waals surface area contributed by atoms with Gasteiger partial charge in [-0.3, -0.25) is 14.3 Å². The molecule has 2 N–H and O–H groups in total. The number of aromatic nitrogens is 3. The summed E-state index contributed by atoms with van der Waals surface area (Å²) in [6, 6.07) is 9.87. The quantitative estimate of drug-likeness (QED) is 0.697. The summed E-state index contributed by atoms with van der Waals surface area (Å²) in [5.74, 6) is 0.441. The molecule has 0 saturated carbocycles. The number of methoxy groups -OCH3 is 1. The van der Waals surface area contributed by atoms with Gasteiger partial charge in [-0.1, -0.05) is 18.2 Å². The largest absolute Gasteiger partial charge is 0.483 e. The zero-order valence-corrected chi connectivity index (χ0v) is 13.8. The molecule has 0 atom stereocenters. The van der Waals surface area contributed by atoms with Crippen molar-refractivity contribution >= 4 is 23.3 Å². The summed E-state index contributed by atoms with van der Waals surface area (Å²) in [7, 11) is 3.19. The van der Waals surface area contributed by atoms with Crippen molar-refractivity contribution in [2.45, 2.75) is 6.54 Å². The van der Waals surface area contributed by atoms with Crippen LogP contribution in [-0.2, 0) is 16.1 Å². The Morgan fingerprint density at radius 3 is 2.80 bits per heavy atom. The first-order chi connectivity index (χ1) is 12.1. The molecule has 8 nitrogen and oxygen atoms in total. The van der Waals surface area contributed by atoms with Gasteiger partial charge in [0.05, 0.1) is 18.8 Å². The molecule has 2 aromatic heterocycles. The topological polar surface area (TPSA) is 106 Å². The Labute approximate surface area is 144 Å². The molecule has 0 fully saturated rings. The molecule has 1 amide bonds. The number of fused-ring (bicyclic) bond motifs is 1. The van der Waals surface area contributed by atoms with Crippen LogP contribution < -0.4 is 10.1 Å². The molecule has 0 spiro atoms. The standard InChI is InChI=1S/C16H16N4O2.CH2O2/c1-17-15(21)10-20-9-12(8-18-20)13-7-11-5-3-4-6-14(11)19-16(13)22-2;2-1-3/h3-9H,10H2,1-2H3,(H,17,21);1H,(H,2,3). The first kappa shape index (κ1) is 17.9. The second-order valence-corrected chi connectivity index (χ2v) is 4.94. The van der Waals surface area contributed by atoms with Gasteiger partial charge >= 0.3 is 0 Å². The summed E-state index contributed by atoms with van der Waals surface area (Å²) in [5.41, 5.74) is 2.59. The van der Waals surface area contributed by atoms with Crippen molar-refractivity contribution in [3.8, 4) is 17.0 Å². The first-order valence-electron chi connectivity index (χ1n) is 7.38. The van der Waals surface area contributed by atoms with Crippen LogP contribution in [0.3, 0.4) is 0 Å². The van der Waals surface area contributed by atoms with E-state index in [1.165, 1.54) is 0 Å². The van der Waals surface area contributed by atoms with Crippen LogP contribution in [0.25, 0.3) is 22.0 Å². The molecule has 0 aliphatic heterocycles. The third-order valence-corrected chi connectivity index (χ3v) is 3.41. The number of hydrogen-bond acceptors (Lipinski definition) is 5. The average molecular weight is 342 g/mol. The van der Waals surface area contributed by atoms with E-state index in [2.05, 4.69) is 15.4 Å². The zero-order valence-electron chi connectivity index (χ0n) is 13.8. The van der Waals surface area contributed by atoms with Gasteiger partial charge in [0.2, 0.25) is 11.8 Å². The van der Waals surface area contributed by atoms with Gasteiger partial charge in [0.15, 0.2) is 0 Å². The number of nitrogens with one attached hydrogen (secondary N) is 1. The number of hydrogen-bond donors (Lipinski definition) is 2. The third-order valence-electron chi connectivity index (χ3n) is 3.41. The number of amides is 1. The van der Waals surface area contributed by atoms with E-state index in [1.54, 1.807) is 25.0 Å². The van der Waals surface area contributed by atoms with Crippen LogP contribution in [-0.4, -0.2) is 46.4 Å². The fraction of sp³-hybridized carbons (Fsp3) is 0.176. The van der Waals surface area contributed by atoms with Crippen molar-refractivity contribution in [2.24, 2.45) is 0 Å². The first-order valence-corrected chi connectivity index (χ1v) is 7.38. The SMILES string of the molecule is CNC(=O)Cn1cc(-c2cc3ccccc3nc2OC)cn1.O=CO. The molecule has 130 valence electrons. The molecule has 1 aromatic carbocycles. The number of ether oxygens (including phenoxy) is 1. The molecule has 0 bridgehead atoms. The molecule has 2 heterocycles. The number of carbonyl (C=O) groups is 2.